The van der Waals surface area contributed by atoms with Crippen molar-refractivity contribution in [2.45, 2.75) is 6.61 Å². The van der Waals surface area contributed by atoms with Crippen LogP contribution in [0.1, 0.15) is 16.2 Å². The fourth-order valence-electron chi connectivity index (χ4n) is 1.19. The van der Waals surface area contributed by atoms with Gasteiger partial charge < -0.3 is 14.4 Å². The standard InChI is InChI=1S/C11H8INO4/c12-8-3-1-2-4-10(8)16-6-7-5-9(11(14)15)13-17-7/h1-5H,6H2,(H,14,15). The number of hydrogen-bond acceptors (Lipinski definition) is 4. The molecule has 0 aliphatic rings. The van der Waals surface area contributed by atoms with Gasteiger partial charge in [-0.25, -0.2) is 4.79 Å². The van der Waals surface area contributed by atoms with Crippen LogP contribution in [0.4, 0.5) is 0 Å². The molecule has 88 valence electrons. The van der Waals surface area contributed by atoms with E-state index in [0.29, 0.717) is 5.76 Å². The molecule has 0 saturated heterocycles. The summed E-state index contributed by atoms with van der Waals surface area (Å²) in [5.41, 5.74) is -0.119. The van der Waals surface area contributed by atoms with Crippen LogP contribution in [0.15, 0.2) is 34.9 Å². The van der Waals surface area contributed by atoms with E-state index in [4.69, 9.17) is 14.4 Å². The molecule has 1 heterocycles. The topological polar surface area (TPSA) is 72.6 Å². The predicted octanol–water partition coefficient (Wildman–Crippen LogP) is 2.56. The van der Waals surface area contributed by atoms with Gasteiger partial charge in [-0.05, 0) is 34.7 Å². The summed E-state index contributed by atoms with van der Waals surface area (Å²) in [5, 5.41) is 12.1. The second kappa shape index (κ2) is 5.17. The number of ether oxygens (including phenoxy) is 1. The average molecular weight is 345 g/mol. The highest BCUT2D eigenvalue weighted by atomic mass is 127. The van der Waals surface area contributed by atoms with E-state index in [1.165, 1.54) is 6.07 Å². The molecule has 0 amide bonds. The smallest absolute Gasteiger partial charge is 0.358 e. The molecule has 2 rings (SSSR count). The monoisotopic (exact) mass is 345 g/mol. The van der Waals surface area contributed by atoms with Crippen LogP contribution in [0, 0.1) is 3.57 Å². The van der Waals surface area contributed by atoms with E-state index in [2.05, 4.69) is 27.7 Å². The minimum atomic E-state index is -1.12. The molecule has 0 saturated carbocycles. The molecular weight excluding hydrogens is 337 g/mol. The lowest BCUT2D eigenvalue weighted by Gasteiger charge is -2.04. The number of carboxylic acids is 1. The summed E-state index contributed by atoms with van der Waals surface area (Å²) in [6.45, 7) is 0.153. The van der Waals surface area contributed by atoms with Gasteiger partial charge in [-0.2, -0.15) is 0 Å². The van der Waals surface area contributed by atoms with Crippen molar-refractivity contribution in [2.24, 2.45) is 0 Å². The third-order valence-corrected chi connectivity index (χ3v) is 2.88. The first-order valence-electron chi connectivity index (χ1n) is 4.73. The number of para-hydroxylation sites is 1. The Morgan fingerprint density at radius 1 is 1.47 bits per heavy atom. The van der Waals surface area contributed by atoms with Crippen LogP contribution in [0.2, 0.25) is 0 Å². The van der Waals surface area contributed by atoms with Crippen LogP contribution in [0.25, 0.3) is 0 Å². The van der Waals surface area contributed by atoms with E-state index in [1.54, 1.807) is 0 Å². The number of carbonyl (C=O) groups is 1. The molecule has 0 spiro atoms. The average Bonchev–Trinajstić information content (AvgIpc) is 2.77. The fourth-order valence-corrected chi connectivity index (χ4v) is 1.74. The highest BCUT2D eigenvalue weighted by molar-refractivity contribution is 14.1. The van der Waals surface area contributed by atoms with Crippen LogP contribution in [0.5, 0.6) is 5.75 Å². The Balaban J connectivity index is 2.02. The Bertz CT molecular complexity index is 538. The molecular formula is C11H8INO4. The molecule has 0 aliphatic heterocycles. The third kappa shape index (κ3) is 2.96. The Hall–Kier alpha value is -1.57. The van der Waals surface area contributed by atoms with Gasteiger partial charge in [0, 0.05) is 6.07 Å². The van der Waals surface area contributed by atoms with Gasteiger partial charge in [0.05, 0.1) is 3.57 Å². The number of aromatic carboxylic acids is 1. The van der Waals surface area contributed by atoms with Crippen molar-refractivity contribution in [3.05, 3.63) is 45.4 Å². The molecule has 1 N–H and O–H groups in total. The zero-order valence-corrected chi connectivity index (χ0v) is 10.7. The maximum absolute atomic E-state index is 10.6. The second-order valence-electron chi connectivity index (χ2n) is 3.20. The van der Waals surface area contributed by atoms with Gasteiger partial charge in [0.2, 0.25) is 0 Å². The Kier molecular flexibility index (Phi) is 3.62. The van der Waals surface area contributed by atoms with Crippen LogP contribution >= 0.6 is 22.6 Å². The summed E-state index contributed by atoms with van der Waals surface area (Å²) >= 11 is 2.15. The molecule has 1 aromatic heterocycles. The first-order valence-corrected chi connectivity index (χ1v) is 5.81. The van der Waals surface area contributed by atoms with Crippen LogP contribution < -0.4 is 4.74 Å². The molecule has 5 nitrogen and oxygen atoms in total. The van der Waals surface area contributed by atoms with Crippen molar-refractivity contribution < 1.29 is 19.2 Å². The van der Waals surface area contributed by atoms with Crippen LogP contribution in [-0.4, -0.2) is 16.2 Å². The molecule has 0 aliphatic carbocycles. The van der Waals surface area contributed by atoms with Crippen molar-refractivity contribution in [3.8, 4) is 5.75 Å². The minimum Gasteiger partial charge on any atom is -0.484 e. The van der Waals surface area contributed by atoms with E-state index < -0.39 is 5.97 Å². The van der Waals surface area contributed by atoms with Gasteiger partial charge in [0.1, 0.15) is 12.4 Å². The lowest BCUT2D eigenvalue weighted by Crippen LogP contribution is -1.96. The zero-order valence-electron chi connectivity index (χ0n) is 8.59. The quantitative estimate of drug-likeness (QED) is 0.863. The van der Waals surface area contributed by atoms with Gasteiger partial charge >= 0.3 is 5.97 Å². The normalized spacial score (nSPS) is 10.2. The SMILES string of the molecule is O=C(O)c1cc(COc2ccccc2I)on1. The summed E-state index contributed by atoms with van der Waals surface area (Å²) in [6, 6.07) is 8.86. The molecule has 2 aromatic rings. The fraction of sp³-hybridized carbons (Fsp3) is 0.0909. The summed E-state index contributed by atoms with van der Waals surface area (Å²) < 4.78 is 11.3. The first kappa shape index (κ1) is 11.9. The number of nitrogens with zero attached hydrogens (tertiary/aromatic N) is 1. The molecule has 0 bridgehead atoms. The number of benzene rings is 1. The zero-order chi connectivity index (χ0) is 12.3. The highest BCUT2D eigenvalue weighted by Gasteiger charge is 2.11. The summed E-state index contributed by atoms with van der Waals surface area (Å²) in [4.78, 5) is 10.6. The molecule has 1 aromatic carbocycles. The highest BCUT2D eigenvalue weighted by Crippen LogP contribution is 2.20. The maximum atomic E-state index is 10.6. The maximum Gasteiger partial charge on any atom is 0.358 e. The van der Waals surface area contributed by atoms with E-state index in [1.807, 2.05) is 24.3 Å². The first-order chi connectivity index (χ1) is 8.16. The molecule has 0 atom stereocenters. The van der Waals surface area contributed by atoms with Gasteiger partial charge in [-0.15, -0.1) is 0 Å². The van der Waals surface area contributed by atoms with Crippen LogP contribution in [0.3, 0.4) is 0 Å². The van der Waals surface area contributed by atoms with Crippen molar-refractivity contribution in [3.63, 3.8) is 0 Å². The molecule has 17 heavy (non-hydrogen) atoms. The summed E-state index contributed by atoms with van der Waals surface area (Å²) in [6.07, 6.45) is 0. The molecule has 0 fully saturated rings. The number of halogens is 1. The van der Waals surface area contributed by atoms with Crippen molar-refractivity contribution >= 4 is 28.6 Å². The Labute approximate surface area is 111 Å². The van der Waals surface area contributed by atoms with Gasteiger partial charge in [0.25, 0.3) is 0 Å². The number of hydrogen-bond donors (Lipinski definition) is 1. The molecule has 0 radical (unpaired) electrons. The van der Waals surface area contributed by atoms with Crippen molar-refractivity contribution in [2.75, 3.05) is 0 Å². The van der Waals surface area contributed by atoms with E-state index in [-0.39, 0.29) is 12.3 Å². The van der Waals surface area contributed by atoms with E-state index >= 15 is 0 Å². The number of aromatic nitrogens is 1. The number of rotatable bonds is 4. The van der Waals surface area contributed by atoms with Crippen LogP contribution in [-0.2, 0) is 6.61 Å². The predicted molar refractivity (Wildman–Crippen MR) is 67.0 cm³/mol. The summed E-state index contributed by atoms with van der Waals surface area (Å²) in [5.74, 6) is -0.0160. The summed E-state index contributed by atoms with van der Waals surface area (Å²) in [7, 11) is 0. The largest absolute Gasteiger partial charge is 0.484 e. The van der Waals surface area contributed by atoms with E-state index in [0.717, 1.165) is 9.32 Å². The van der Waals surface area contributed by atoms with Gasteiger partial charge in [-0.3, -0.25) is 0 Å². The Morgan fingerprint density at radius 2 is 2.24 bits per heavy atom. The van der Waals surface area contributed by atoms with Gasteiger partial charge in [0.15, 0.2) is 11.5 Å². The van der Waals surface area contributed by atoms with Crippen molar-refractivity contribution in [1.82, 2.24) is 5.16 Å². The molecule has 6 heteroatoms. The van der Waals surface area contributed by atoms with Gasteiger partial charge in [-0.1, -0.05) is 17.3 Å². The number of carboxylic acid groups (broad SMARTS) is 1. The third-order valence-electron chi connectivity index (χ3n) is 1.98. The lowest BCUT2D eigenvalue weighted by molar-refractivity contribution is 0.0685. The minimum absolute atomic E-state index is 0.119. The van der Waals surface area contributed by atoms with Crippen molar-refractivity contribution in [1.29, 1.82) is 0 Å². The Morgan fingerprint density at radius 3 is 2.88 bits per heavy atom. The lowest BCUT2D eigenvalue weighted by atomic mass is 10.3. The molecule has 0 unspecified atom stereocenters. The van der Waals surface area contributed by atoms with E-state index in [9.17, 15) is 4.79 Å². The second-order valence-corrected chi connectivity index (χ2v) is 4.36.